The molecule has 1 aromatic heterocycles. The van der Waals surface area contributed by atoms with E-state index in [1.165, 1.54) is 19.2 Å². The third-order valence-electron chi connectivity index (χ3n) is 3.75. The average molecular weight is 399 g/mol. The summed E-state index contributed by atoms with van der Waals surface area (Å²) in [7, 11) is 1.48. The van der Waals surface area contributed by atoms with Crippen LogP contribution in [0, 0.1) is 5.82 Å². The maximum atomic E-state index is 14.0. The summed E-state index contributed by atoms with van der Waals surface area (Å²) < 4.78 is 24.5. The number of para-hydroxylation sites is 1. The molecule has 28 heavy (non-hydrogen) atoms. The van der Waals surface area contributed by atoms with Gasteiger partial charge >= 0.3 is 0 Å². The first kappa shape index (κ1) is 19.7. The molecule has 1 heterocycles. The Hall–Kier alpha value is -3.04. The van der Waals surface area contributed by atoms with Gasteiger partial charge in [-0.3, -0.25) is 0 Å². The van der Waals surface area contributed by atoms with Crippen molar-refractivity contribution in [3.05, 3.63) is 60.2 Å². The molecule has 0 saturated carbocycles. The van der Waals surface area contributed by atoms with Crippen LogP contribution < -0.4 is 5.84 Å². The predicted molar refractivity (Wildman–Crippen MR) is 108 cm³/mol. The first-order chi connectivity index (χ1) is 13.7. The number of hydrogen-bond donors (Lipinski definition) is 1. The van der Waals surface area contributed by atoms with Gasteiger partial charge in [0, 0.05) is 17.6 Å². The molecule has 0 aliphatic heterocycles. The van der Waals surface area contributed by atoms with E-state index < -0.39 is 5.82 Å². The Morgan fingerprint density at radius 2 is 2.07 bits per heavy atom. The number of nitrogens with zero attached hydrogens (tertiary/aromatic N) is 4. The van der Waals surface area contributed by atoms with E-state index in [2.05, 4.69) is 20.2 Å². The highest BCUT2D eigenvalue weighted by Gasteiger charge is 2.21. The molecular formula is C19H18FN5O2S. The molecule has 0 aliphatic rings. The van der Waals surface area contributed by atoms with Crippen LogP contribution in [0.5, 0.6) is 0 Å². The highest BCUT2D eigenvalue weighted by molar-refractivity contribution is 7.98. The quantitative estimate of drug-likeness (QED) is 0.282. The first-order valence-corrected chi connectivity index (χ1v) is 9.46. The van der Waals surface area contributed by atoms with Crippen LogP contribution >= 0.6 is 11.8 Å². The summed E-state index contributed by atoms with van der Waals surface area (Å²) in [6.07, 6.45) is 1.98. The fourth-order valence-electron chi connectivity index (χ4n) is 2.43. The molecule has 2 aromatic carbocycles. The zero-order valence-electron chi connectivity index (χ0n) is 15.3. The van der Waals surface area contributed by atoms with Crippen LogP contribution in [-0.4, -0.2) is 41.5 Å². The van der Waals surface area contributed by atoms with E-state index in [1.807, 2.05) is 30.5 Å². The minimum absolute atomic E-state index is 0.0318. The molecule has 0 spiro atoms. The molecule has 0 unspecified atom stereocenters. The minimum atomic E-state index is -0.479. The summed E-state index contributed by atoms with van der Waals surface area (Å²) in [5.74, 6) is 5.52. The van der Waals surface area contributed by atoms with Gasteiger partial charge in [-0.15, -0.1) is 11.8 Å². The Morgan fingerprint density at radius 3 is 2.79 bits per heavy atom. The molecule has 0 aliphatic carbocycles. The van der Waals surface area contributed by atoms with E-state index in [1.54, 1.807) is 23.9 Å². The maximum absolute atomic E-state index is 14.0. The van der Waals surface area contributed by atoms with Crippen molar-refractivity contribution in [2.75, 3.05) is 20.0 Å². The van der Waals surface area contributed by atoms with Crippen LogP contribution in [0.15, 0.2) is 68.0 Å². The van der Waals surface area contributed by atoms with Gasteiger partial charge in [0.2, 0.25) is 5.82 Å². The number of aliphatic imine (C=N–C) groups is 1. The molecule has 3 aromatic rings. The fourth-order valence-corrected chi connectivity index (χ4v) is 2.89. The molecule has 7 nitrogen and oxygen atoms in total. The second kappa shape index (κ2) is 9.25. The van der Waals surface area contributed by atoms with Crippen LogP contribution in [0.3, 0.4) is 0 Å². The molecule has 0 radical (unpaired) electrons. The molecule has 9 heteroatoms. The molecule has 3 rings (SSSR count). The summed E-state index contributed by atoms with van der Waals surface area (Å²) in [6, 6.07) is 13.8. The summed E-state index contributed by atoms with van der Waals surface area (Å²) in [5, 5.41) is 7.72. The number of hydrogen-bond acceptors (Lipinski definition) is 8. The molecule has 2 N–H and O–H groups in total. The van der Waals surface area contributed by atoms with E-state index >= 15 is 0 Å². The summed E-state index contributed by atoms with van der Waals surface area (Å²) >= 11 is 1.61. The first-order valence-electron chi connectivity index (χ1n) is 8.24. The Morgan fingerprint density at radius 1 is 1.25 bits per heavy atom. The lowest BCUT2D eigenvalue weighted by atomic mass is 10.2. The maximum Gasteiger partial charge on any atom is 0.280 e. The lowest BCUT2D eigenvalue weighted by molar-refractivity contribution is 0.246. The third kappa shape index (κ3) is 4.44. The summed E-state index contributed by atoms with van der Waals surface area (Å²) in [5.41, 5.74) is 1.31. The van der Waals surface area contributed by atoms with Crippen LogP contribution in [-0.2, 0) is 4.74 Å². The van der Waals surface area contributed by atoms with E-state index in [0.29, 0.717) is 5.82 Å². The topological polar surface area (TPSA) is 98.9 Å². The number of methoxy groups -OCH3 is 1. The van der Waals surface area contributed by atoms with Crippen LogP contribution in [0.1, 0.15) is 5.89 Å². The fraction of sp³-hybridized carbons (Fsp3) is 0.158. The Bertz CT molecular complexity index is 1020. The van der Waals surface area contributed by atoms with E-state index in [0.717, 1.165) is 10.5 Å². The van der Waals surface area contributed by atoms with Gasteiger partial charge in [0.1, 0.15) is 5.82 Å². The van der Waals surface area contributed by atoms with Crippen molar-refractivity contribution < 1.29 is 13.7 Å². The normalized spacial score (nSPS) is 12.4. The highest BCUT2D eigenvalue weighted by atomic mass is 32.2. The largest absolute Gasteiger partial charge is 0.378 e. The smallest absolute Gasteiger partial charge is 0.280 e. The van der Waals surface area contributed by atoms with Crippen molar-refractivity contribution in [3.63, 3.8) is 0 Å². The van der Waals surface area contributed by atoms with Crippen LogP contribution in [0.2, 0.25) is 0 Å². The zero-order chi connectivity index (χ0) is 19.9. The Balaban J connectivity index is 1.98. The van der Waals surface area contributed by atoms with Crippen molar-refractivity contribution in [1.82, 2.24) is 10.1 Å². The van der Waals surface area contributed by atoms with Gasteiger partial charge in [-0.25, -0.2) is 9.38 Å². The lowest BCUT2D eigenvalue weighted by Crippen LogP contribution is -2.22. The van der Waals surface area contributed by atoms with E-state index in [4.69, 9.17) is 15.1 Å². The Labute approximate surface area is 165 Å². The molecule has 0 atom stereocenters. The van der Waals surface area contributed by atoms with Crippen molar-refractivity contribution in [1.29, 1.82) is 0 Å². The number of thioether (sulfide) groups is 1. The van der Waals surface area contributed by atoms with Crippen LogP contribution in [0.25, 0.3) is 11.4 Å². The van der Waals surface area contributed by atoms with Gasteiger partial charge < -0.3 is 15.1 Å². The molecule has 0 bridgehead atoms. The SMILES string of the molecule is COCC(=Nc1ccccc1F)C(=NN)c1nc(-c2cccc(SC)c2)no1. The summed E-state index contributed by atoms with van der Waals surface area (Å²) in [6.45, 7) is 0.0318. The number of hydrazone groups is 1. The molecular weight excluding hydrogens is 381 g/mol. The van der Waals surface area contributed by atoms with Gasteiger partial charge in [-0.2, -0.15) is 10.1 Å². The van der Waals surface area contributed by atoms with Crippen molar-refractivity contribution in [2.45, 2.75) is 4.90 Å². The van der Waals surface area contributed by atoms with Gasteiger partial charge in [0.15, 0.2) is 5.71 Å². The molecule has 0 amide bonds. The number of ether oxygens (including phenoxy) is 1. The Kier molecular flexibility index (Phi) is 6.51. The second-order valence-corrected chi connectivity index (χ2v) is 6.46. The van der Waals surface area contributed by atoms with Crippen LogP contribution in [0.4, 0.5) is 10.1 Å². The molecule has 0 fully saturated rings. The number of benzene rings is 2. The minimum Gasteiger partial charge on any atom is -0.378 e. The van der Waals surface area contributed by atoms with Gasteiger partial charge in [0.05, 0.1) is 18.0 Å². The zero-order valence-corrected chi connectivity index (χ0v) is 16.1. The van der Waals surface area contributed by atoms with Crippen molar-refractivity contribution >= 4 is 28.9 Å². The molecule has 144 valence electrons. The predicted octanol–water partition coefficient (Wildman–Crippen LogP) is 3.68. The third-order valence-corrected chi connectivity index (χ3v) is 4.47. The average Bonchev–Trinajstić information content (AvgIpc) is 3.20. The molecule has 0 saturated heterocycles. The second-order valence-electron chi connectivity index (χ2n) is 5.58. The van der Waals surface area contributed by atoms with Gasteiger partial charge in [-0.05, 0) is 30.5 Å². The lowest BCUT2D eigenvalue weighted by Gasteiger charge is -2.05. The van der Waals surface area contributed by atoms with E-state index in [-0.39, 0.29) is 29.6 Å². The standard InChI is InChI=1S/C19H18FN5O2S/c1-26-11-16(22-15-9-4-3-8-14(15)20)17(24-21)19-23-18(25-27-19)12-6-5-7-13(10-12)28-2/h3-10H,11,21H2,1-2H3. The monoisotopic (exact) mass is 399 g/mol. The number of rotatable bonds is 7. The van der Waals surface area contributed by atoms with Crippen molar-refractivity contribution in [2.24, 2.45) is 15.9 Å². The van der Waals surface area contributed by atoms with Gasteiger partial charge in [-0.1, -0.05) is 29.4 Å². The van der Waals surface area contributed by atoms with Crippen molar-refractivity contribution in [3.8, 4) is 11.4 Å². The highest BCUT2D eigenvalue weighted by Crippen LogP contribution is 2.23. The van der Waals surface area contributed by atoms with E-state index in [9.17, 15) is 4.39 Å². The number of aromatic nitrogens is 2. The van der Waals surface area contributed by atoms with Gasteiger partial charge in [0.25, 0.3) is 5.89 Å². The number of halogens is 1. The number of nitrogens with two attached hydrogens (primary N) is 1. The summed E-state index contributed by atoms with van der Waals surface area (Å²) in [4.78, 5) is 9.71.